The second kappa shape index (κ2) is 7.39. The van der Waals surface area contributed by atoms with E-state index >= 15 is 0 Å². The first-order chi connectivity index (χ1) is 10.0. The molecule has 0 bridgehead atoms. The fraction of sp³-hybridized carbons (Fsp3) is 0.294. The Morgan fingerprint density at radius 1 is 1.19 bits per heavy atom. The molecule has 21 heavy (non-hydrogen) atoms. The highest BCUT2D eigenvalue weighted by Gasteiger charge is 2.18. The first kappa shape index (κ1) is 16.5. The van der Waals surface area contributed by atoms with Crippen molar-refractivity contribution < 1.29 is 4.39 Å². The number of nitrogens with one attached hydrogen (secondary N) is 1. The molecule has 1 unspecified atom stereocenters. The van der Waals surface area contributed by atoms with Crippen molar-refractivity contribution in [3.05, 3.63) is 68.4 Å². The molecule has 2 aromatic carbocycles. The van der Waals surface area contributed by atoms with E-state index in [0.717, 1.165) is 34.1 Å². The normalized spacial score (nSPS) is 12.4. The summed E-state index contributed by atoms with van der Waals surface area (Å²) < 4.78 is 14.3. The minimum Gasteiger partial charge on any atom is -0.306 e. The van der Waals surface area contributed by atoms with E-state index in [2.05, 4.69) is 28.2 Å². The molecule has 4 heteroatoms. The van der Waals surface area contributed by atoms with E-state index < -0.39 is 0 Å². The molecule has 0 aromatic heterocycles. The zero-order chi connectivity index (χ0) is 15.4. The van der Waals surface area contributed by atoms with Crippen LogP contribution in [0.5, 0.6) is 0 Å². The Morgan fingerprint density at radius 2 is 1.95 bits per heavy atom. The van der Waals surface area contributed by atoms with E-state index in [1.54, 1.807) is 6.07 Å². The van der Waals surface area contributed by atoms with Crippen LogP contribution in [0.15, 0.2) is 40.9 Å². The van der Waals surface area contributed by atoms with Crippen molar-refractivity contribution in [3.8, 4) is 0 Å². The summed E-state index contributed by atoms with van der Waals surface area (Å²) in [6, 6.07) is 10.6. The summed E-state index contributed by atoms with van der Waals surface area (Å²) in [6.07, 6.45) is 1.02. The Kier molecular flexibility index (Phi) is 5.80. The van der Waals surface area contributed by atoms with E-state index in [0.29, 0.717) is 5.02 Å². The molecule has 0 aliphatic heterocycles. The molecule has 0 aliphatic rings. The zero-order valence-electron chi connectivity index (χ0n) is 12.1. The minimum absolute atomic E-state index is 0.0152. The van der Waals surface area contributed by atoms with Gasteiger partial charge in [0, 0.05) is 9.50 Å². The summed E-state index contributed by atoms with van der Waals surface area (Å²) in [7, 11) is 0. The number of hydrogen-bond acceptors (Lipinski definition) is 1. The Morgan fingerprint density at radius 3 is 2.62 bits per heavy atom. The van der Waals surface area contributed by atoms with E-state index in [1.807, 2.05) is 31.2 Å². The third-order valence-corrected chi connectivity index (χ3v) is 4.37. The Bertz CT molecular complexity index is 630. The van der Waals surface area contributed by atoms with Crippen molar-refractivity contribution in [1.82, 2.24) is 5.32 Å². The fourth-order valence-electron chi connectivity index (χ4n) is 2.37. The predicted molar refractivity (Wildman–Crippen MR) is 90.4 cm³/mol. The lowest BCUT2D eigenvalue weighted by atomic mass is 9.94. The molecule has 0 aliphatic carbocycles. The maximum Gasteiger partial charge on any atom is 0.123 e. The summed E-state index contributed by atoms with van der Waals surface area (Å²) in [5, 5.41) is 4.21. The van der Waals surface area contributed by atoms with E-state index in [9.17, 15) is 4.39 Å². The van der Waals surface area contributed by atoms with Gasteiger partial charge in [-0.1, -0.05) is 40.5 Å². The fourth-order valence-corrected chi connectivity index (χ4v) is 3.03. The van der Waals surface area contributed by atoms with E-state index in [4.69, 9.17) is 11.6 Å². The van der Waals surface area contributed by atoms with Crippen molar-refractivity contribution >= 4 is 27.5 Å². The topological polar surface area (TPSA) is 12.0 Å². The molecule has 0 saturated carbocycles. The second-order valence-corrected chi connectivity index (χ2v) is 6.34. The maximum absolute atomic E-state index is 13.4. The van der Waals surface area contributed by atoms with Crippen LogP contribution in [0.4, 0.5) is 4.39 Å². The van der Waals surface area contributed by atoms with Gasteiger partial charge in [-0.2, -0.15) is 0 Å². The van der Waals surface area contributed by atoms with Crippen molar-refractivity contribution in [2.45, 2.75) is 26.3 Å². The Hall–Kier alpha value is -0.900. The Labute approximate surface area is 138 Å². The van der Waals surface area contributed by atoms with Gasteiger partial charge in [0.25, 0.3) is 0 Å². The highest BCUT2D eigenvalue weighted by atomic mass is 79.9. The van der Waals surface area contributed by atoms with Crippen LogP contribution in [0.1, 0.15) is 36.1 Å². The standard InChI is InChI=1S/C17H18BrClFN/c1-3-8-21-17(14-6-5-13(20)9-11(14)2)15-10-12(19)4-7-16(15)18/h4-7,9-10,17,21H,3,8H2,1-2H3. The molecule has 1 nitrogen and oxygen atoms in total. The monoisotopic (exact) mass is 369 g/mol. The highest BCUT2D eigenvalue weighted by Crippen LogP contribution is 2.32. The van der Waals surface area contributed by atoms with Crippen LogP contribution in [0.2, 0.25) is 5.02 Å². The van der Waals surface area contributed by atoms with Crippen molar-refractivity contribution in [3.63, 3.8) is 0 Å². The molecule has 0 spiro atoms. The quantitative estimate of drug-likeness (QED) is 0.718. The van der Waals surface area contributed by atoms with Gasteiger partial charge in [0.05, 0.1) is 6.04 Å². The van der Waals surface area contributed by atoms with Crippen LogP contribution in [0.25, 0.3) is 0 Å². The number of rotatable bonds is 5. The molecular formula is C17H18BrClFN. The van der Waals surface area contributed by atoms with Gasteiger partial charge in [0.15, 0.2) is 0 Å². The number of hydrogen-bond donors (Lipinski definition) is 1. The van der Waals surface area contributed by atoms with Gasteiger partial charge >= 0.3 is 0 Å². The number of halogens is 3. The third-order valence-electron chi connectivity index (χ3n) is 3.41. The summed E-state index contributed by atoms with van der Waals surface area (Å²) in [5.41, 5.74) is 3.05. The summed E-state index contributed by atoms with van der Waals surface area (Å²) in [4.78, 5) is 0. The van der Waals surface area contributed by atoms with Crippen LogP contribution >= 0.6 is 27.5 Å². The van der Waals surface area contributed by atoms with Gasteiger partial charge in [-0.15, -0.1) is 0 Å². The molecule has 0 fully saturated rings. The zero-order valence-corrected chi connectivity index (χ0v) is 14.4. The van der Waals surface area contributed by atoms with Crippen LogP contribution in [-0.2, 0) is 0 Å². The minimum atomic E-state index is -0.212. The summed E-state index contributed by atoms with van der Waals surface area (Å²) >= 11 is 9.73. The van der Waals surface area contributed by atoms with Gasteiger partial charge in [0.2, 0.25) is 0 Å². The van der Waals surface area contributed by atoms with Crippen LogP contribution in [0, 0.1) is 12.7 Å². The van der Waals surface area contributed by atoms with Crippen molar-refractivity contribution in [2.75, 3.05) is 6.54 Å². The first-order valence-electron chi connectivity index (χ1n) is 6.97. The van der Waals surface area contributed by atoms with Crippen LogP contribution < -0.4 is 5.32 Å². The average molecular weight is 371 g/mol. The number of benzene rings is 2. The molecule has 1 N–H and O–H groups in total. The van der Waals surface area contributed by atoms with Gasteiger partial charge in [-0.3, -0.25) is 0 Å². The SMILES string of the molecule is CCCNC(c1ccc(F)cc1C)c1cc(Cl)ccc1Br. The maximum atomic E-state index is 13.4. The number of aryl methyl sites for hydroxylation is 1. The summed E-state index contributed by atoms with van der Waals surface area (Å²) in [5.74, 6) is -0.212. The van der Waals surface area contributed by atoms with Crippen LogP contribution in [-0.4, -0.2) is 6.54 Å². The predicted octanol–water partition coefficient (Wildman–Crippen LogP) is 5.64. The lowest BCUT2D eigenvalue weighted by molar-refractivity contribution is 0.588. The molecule has 2 rings (SSSR count). The van der Waals surface area contributed by atoms with Gasteiger partial charge in [-0.25, -0.2) is 4.39 Å². The molecule has 2 aromatic rings. The highest BCUT2D eigenvalue weighted by molar-refractivity contribution is 9.10. The van der Waals surface area contributed by atoms with Crippen molar-refractivity contribution in [2.24, 2.45) is 0 Å². The van der Waals surface area contributed by atoms with Crippen LogP contribution in [0.3, 0.4) is 0 Å². The molecule has 0 radical (unpaired) electrons. The smallest absolute Gasteiger partial charge is 0.123 e. The lowest BCUT2D eigenvalue weighted by Crippen LogP contribution is -2.24. The largest absolute Gasteiger partial charge is 0.306 e. The lowest BCUT2D eigenvalue weighted by Gasteiger charge is -2.23. The van der Waals surface area contributed by atoms with E-state index in [-0.39, 0.29) is 11.9 Å². The molecule has 0 heterocycles. The summed E-state index contributed by atoms with van der Waals surface area (Å²) in [6.45, 7) is 4.92. The van der Waals surface area contributed by atoms with Crippen molar-refractivity contribution in [1.29, 1.82) is 0 Å². The molecule has 0 amide bonds. The first-order valence-corrected chi connectivity index (χ1v) is 8.14. The van der Waals surface area contributed by atoms with Gasteiger partial charge < -0.3 is 5.32 Å². The molecular weight excluding hydrogens is 353 g/mol. The Balaban J connectivity index is 2.49. The third kappa shape index (κ3) is 4.06. The second-order valence-electron chi connectivity index (χ2n) is 5.05. The average Bonchev–Trinajstić information content (AvgIpc) is 2.44. The molecule has 112 valence electrons. The van der Waals surface area contributed by atoms with E-state index in [1.165, 1.54) is 6.07 Å². The molecule has 0 saturated heterocycles. The molecule has 1 atom stereocenters. The van der Waals surface area contributed by atoms with Gasteiger partial charge in [-0.05, 0) is 66.9 Å². The van der Waals surface area contributed by atoms with Gasteiger partial charge in [0.1, 0.15) is 5.82 Å².